The number of carbonyl (C=O) groups excluding carboxylic acids is 2. The lowest BCUT2D eigenvalue weighted by Crippen LogP contribution is -2.52. The molecule has 0 spiro atoms. The van der Waals surface area contributed by atoms with Gasteiger partial charge in [0.25, 0.3) is 18.1 Å². The minimum Gasteiger partial charge on any atom is -0.446 e. The molecule has 0 rings (SSSR count). The molecule has 0 amide bonds. The highest BCUT2D eigenvalue weighted by atomic mass is 32.2. The zero-order chi connectivity index (χ0) is 23.6. The fourth-order valence-corrected chi connectivity index (χ4v) is 1.96. The van der Waals surface area contributed by atoms with E-state index in [-0.39, 0.29) is 6.92 Å². The Balaban J connectivity index is 5.20. The van der Waals surface area contributed by atoms with Crippen LogP contribution in [0.5, 0.6) is 0 Å². The highest BCUT2D eigenvalue weighted by molar-refractivity contribution is 7.86. The SMILES string of the molecule is CC(F)(F)C(OC(=O)CCC(=O)OC(C(F)(F)F)C(F)(F)S(=O)(=O)O)C(F)(F)F. The van der Waals surface area contributed by atoms with Crippen molar-refractivity contribution in [3.05, 3.63) is 0 Å². The molecule has 0 radical (unpaired) electrons. The quantitative estimate of drug-likeness (QED) is 0.326. The molecule has 1 N–H and O–H groups in total. The third kappa shape index (κ3) is 7.82. The minimum atomic E-state index is -6.74. The van der Waals surface area contributed by atoms with E-state index in [1.165, 1.54) is 0 Å². The molecule has 172 valence electrons. The van der Waals surface area contributed by atoms with Crippen molar-refractivity contribution in [2.75, 3.05) is 0 Å². The van der Waals surface area contributed by atoms with Crippen molar-refractivity contribution in [3.8, 4) is 0 Å². The molecule has 0 saturated heterocycles. The van der Waals surface area contributed by atoms with Gasteiger partial charge in [-0.25, -0.2) is 8.78 Å². The molecule has 2 unspecified atom stereocenters. The van der Waals surface area contributed by atoms with Crippen LogP contribution in [0, 0.1) is 0 Å². The molecule has 0 saturated carbocycles. The molecule has 0 aromatic rings. The van der Waals surface area contributed by atoms with E-state index >= 15 is 0 Å². The molecule has 0 aliphatic carbocycles. The first kappa shape index (κ1) is 27.1. The van der Waals surface area contributed by atoms with Crippen LogP contribution in [-0.2, 0) is 29.2 Å². The van der Waals surface area contributed by atoms with Gasteiger partial charge in [0.05, 0.1) is 12.8 Å². The lowest BCUT2D eigenvalue weighted by molar-refractivity contribution is -0.273. The van der Waals surface area contributed by atoms with E-state index in [2.05, 4.69) is 9.47 Å². The fourth-order valence-electron chi connectivity index (χ4n) is 1.50. The first-order valence-corrected chi connectivity index (χ1v) is 8.20. The molecule has 0 aromatic carbocycles. The third-order valence-electron chi connectivity index (χ3n) is 2.74. The Hall–Kier alpha value is -1.85. The van der Waals surface area contributed by atoms with Crippen molar-refractivity contribution in [1.82, 2.24) is 0 Å². The Bertz CT molecular complexity index is 693. The van der Waals surface area contributed by atoms with Gasteiger partial charge < -0.3 is 9.47 Å². The summed E-state index contributed by atoms with van der Waals surface area (Å²) in [5, 5.41) is -6.08. The van der Waals surface area contributed by atoms with E-state index in [1.54, 1.807) is 0 Å². The zero-order valence-corrected chi connectivity index (χ0v) is 14.5. The summed E-state index contributed by atoms with van der Waals surface area (Å²) in [7, 11) is -6.74. The molecule has 29 heavy (non-hydrogen) atoms. The van der Waals surface area contributed by atoms with Gasteiger partial charge in [-0.1, -0.05) is 0 Å². The summed E-state index contributed by atoms with van der Waals surface area (Å²) in [6, 6.07) is 0. The van der Waals surface area contributed by atoms with Crippen molar-refractivity contribution in [3.63, 3.8) is 0 Å². The van der Waals surface area contributed by atoms with Gasteiger partial charge >= 0.3 is 39.7 Å². The number of alkyl halides is 10. The minimum absolute atomic E-state index is 0.280. The van der Waals surface area contributed by atoms with Crippen molar-refractivity contribution < 1.29 is 75.9 Å². The van der Waals surface area contributed by atoms with Gasteiger partial charge in [0.1, 0.15) is 0 Å². The molecule has 0 aromatic heterocycles. The standard InChI is InChI=1S/C11H10F10O7S/c1-8(12,13)6(9(14,15)16)27-4(22)2-3-5(23)28-7(10(17,18)19)11(20,21)29(24,25)26/h6-7H,2-3H2,1H3,(H,24,25,26). The summed E-state index contributed by atoms with van der Waals surface area (Å²) in [6.45, 7) is -0.280. The maximum Gasteiger partial charge on any atom is 0.432 e. The lowest BCUT2D eigenvalue weighted by atomic mass is 10.2. The number of esters is 2. The van der Waals surface area contributed by atoms with Gasteiger partial charge in [0.2, 0.25) is 0 Å². The molecular formula is C11H10F10O7S. The smallest absolute Gasteiger partial charge is 0.432 e. The topological polar surface area (TPSA) is 107 Å². The Morgan fingerprint density at radius 2 is 1.10 bits per heavy atom. The molecule has 0 aliphatic rings. The van der Waals surface area contributed by atoms with E-state index in [4.69, 9.17) is 4.55 Å². The predicted octanol–water partition coefficient (Wildman–Crippen LogP) is 2.85. The van der Waals surface area contributed by atoms with Crippen LogP contribution in [0.3, 0.4) is 0 Å². The van der Waals surface area contributed by atoms with Crippen LogP contribution in [0.15, 0.2) is 0 Å². The third-order valence-corrected chi connectivity index (χ3v) is 3.64. The van der Waals surface area contributed by atoms with Gasteiger partial charge in [-0.2, -0.15) is 43.5 Å². The first-order chi connectivity index (χ1) is 12.5. The summed E-state index contributed by atoms with van der Waals surface area (Å²) in [4.78, 5) is 22.3. The maximum absolute atomic E-state index is 13.1. The Labute approximate surface area is 154 Å². The Kier molecular flexibility index (Phi) is 7.94. The second kappa shape index (κ2) is 8.49. The number of ether oxygens (including phenoxy) is 2. The van der Waals surface area contributed by atoms with Crippen LogP contribution in [0.2, 0.25) is 0 Å². The average Bonchev–Trinajstić information content (AvgIpc) is 2.43. The largest absolute Gasteiger partial charge is 0.446 e. The molecule has 0 fully saturated rings. The highest BCUT2D eigenvalue weighted by Crippen LogP contribution is 2.38. The van der Waals surface area contributed by atoms with Crippen molar-refractivity contribution >= 4 is 22.1 Å². The fraction of sp³-hybridized carbons (Fsp3) is 0.818. The number of halogens is 10. The molecule has 0 bridgehead atoms. The number of hydrogen-bond donors (Lipinski definition) is 1. The van der Waals surface area contributed by atoms with Crippen LogP contribution < -0.4 is 0 Å². The zero-order valence-electron chi connectivity index (χ0n) is 13.7. The first-order valence-electron chi connectivity index (χ1n) is 6.76. The van der Waals surface area contributed by atoms with Crippen LogP contribution in [-0.4, -0.2) is 60.6 Å². The maximum atomic E-state index is 13.1. The van der Waals surface area contributed by atoms with Gasteiger partial charge in [-0.05, 0) is 0 Å². The lowest BCUT2D eigenvalue weighted by Gasteiger charge is -2.26. The van der Waals surface area contributed by atoms with Gasteiger partial charge in [0, 0.05) is 6.92 Å². The van der Waals surface area contributed by atoms with Gasteiger partial charge in [-0.15, -0.1) is 0 Å². The van der Waals surface area contributed by atoms with E-state index < -0.39 is 70.6 Å². The number of hydrogen-bond acceptors (Lipinski definition) is 6. The van der Waals surface area contributed by atoms with Crippen molar-refractivity contribution in [1.29, 1.82) is 0 Å². The van der Waals surface area contributed by atoms with Crippen LogP contribution in [0.25, 0.3) is 0 Å². The summed E-state index contributed by atoms with van der Waals surface area (Å²) in [5.41, 5.74) is 0. The Morgan fingerprint density at radius 3 is 1.34 bits per heavy atom. The average molecular weight is 476 g/mol. The monoisotopic (exact) mass is 476 g/mol. The summed E-state index contributed by atoms with van der Waals surface area (Å²) < 4.78 is 162. The molecular weight excluding hydrogens is 466 g/mol. The van der Waals surface area contributed by atoms with E-state index in [0.29, 0.717) is 0 Å². The van der Waals surface area contributed by atoms with E-state index in [0.717, 1.165) is 0 Å². The van der Waals surface area contributed by atoms with Crippen molar-refractivity contribution in [2.24, 2.45) is 0 Å². The normalized spacial score (nSPS) is 16.1. The van der Waals surface area contributed by atoms with E-state index in [1.807, 2.05) is 0 Å². The number of carbonyl (C=O) groups is 2. The van der Waals surface area contributed by atoms with Crippen LogP contribution in [0.4, 0.5) is 43.9 Å². The van der Waals surface area contributed by atoms with Crippen LogP contribution in [0.1, 0.15) is 19.8 Å². The molecule has 7 nitrogen and oxygen atoms in total. The second-order valence-corrected chi connectivity index (χ2v) is 6.81. The van der Waals surface area contributed by atoms with E-state index in [9.17, 15) is 61.9 Å². The summed E-state index contributed by atoms with van der Waals surface area (Å²) >= 11 is 0. The van der Waals surface area contributed by atoms with Crippen LogP contribution >= 0.6 is 0 Å². The van der Waals surface area contributed by atoms with Gasteiger partial charge in [0.15, 0.2) is 0 Å². The highest BCUT2D eigenvalue weighted by Gasteiger charge is 2.66. The molecule has 18 heteroatoms. The summed E-state index contributed by atoms with van der Waals surface area (Å²) in [5.74, 6) is -9.22. The molecule has 0 aliphatic heterocycles. The van der Waals surface area contributed by atoms with Crippen molar-refractivity contribution in [2.45, 2.75) is 55.5 Å². The number of rotatable bonds is 8. The predicted molar refractivity (Wildman–Crippen MR) is 68.2 cm³/mol. The molecule has 2 atom stereocenters. The summed E-state index contributed by atoms with van der Waals surface area (Å²) in [6.07, 6.45) is -24.0. The Morgan fingerprint density at radius 1 is 0.793 bits per heavy atom. The second-order valence-electron chi connectivity index (χ2n) is 5.32. The molecule has 0 heterocycles. The van der Waals surface area contributed by atoms with Gasteiger partial charge in [-0.3, -0.25) is 14.1 Å².